The minimum Gasteiger partial charge on any atom is -0.463 e. The van der Waals surface area contributed by atoms with Crippen molar-refractivity contribution in [2.45, 2.75) is 13.1 Å². The SMILES string of the molecule is CCOC(=O)/C=C(\Nc1noc(-c2ccccc2)n1)C(F)(F)F. The van der Waals surface area contributed by atoms with E-state index in [-0.39, 0.29) is 12.5 Å². The quantitative estimate of drug-likeness (QED) is 0.671. The third-order valence-corrected chi connectivity index (χ3v) is 2.55. The average Bonchev–Trinajstić information content (AvgIpc) is 2.95. The van der Waals surface area contributed by atoms with Gasteiger partial charge in [-0.2, -0.15) is 18.2 Å². The van der Waals surface area contributed by atoms with Gasteiger partial charge in [0.25, 0.3) is 11.8 Å². The van der Waals surface area contributed by atoms with Crippen molar-refractivity contribution in [1.82, 2.24) is 10.1 Å². The normalized spacial score (nSPS) is 12.1. The van der Waals surface area contributed by atoms with E-state index in [0.29, 0.717) is 11.6 Å². The predicted octanol–water partition coefficient (Wildman–Crippen LogP) is 3.16. The molecule has 0 saturated heterocycles. The van der Waals surface area contributed by atoms with Crippen molar-refractivity contribution in [2.24, 2.45) is 0 Å². The summed E-state index contributed by atoms with van der Waals surface area (Å²) in [6.45, 7) is 1.44. The largest absolute Gasteiger partial charge is 0.463 e. The van der Waals surface area contributed by atoms with Crippen LogP contribution in [-0.2, 0) is 9.53 Å². The zero-order chi connectivity index (χ0) is 16.9. The molecule has 0 spiro atoms. The van der Waals surface area contributed by atoms with Gasteiger partial charge in [-0.1, -0.05) is 18.2 Å². The number of hydrogen-bond acceptors (Lipinski definition) is 6. The second-order valence-corrected chi connectivity index (χ2v) is 4.22. The van der Waals surface area contributed by atoms with Crippen LogP contribution in [-0.4, -0.2) is 28.9 Å². The third-order valence-electron chi connectivity index (χ3n) is 2.55. The van der Waals surface area contributed by atoms with Gasteiger partial charge in [0.2, 0.25) is 0 Å². The molecule has 2 rings (SSSR count). The van der Waals surface area contributed by atoms with Crippen molar-refractivity contribution in [3.8, 4) is 11.5 Å². The Morgan fingerprint density at radius 2 is 2.04 bits per heavy atom. The molecule has 0 fully saturated rings. The number of allylic oxidation sites excluding steroid dienone is 1. The van der Waals surface area contributed by atoms with Crippen LogP contribution in [0.15, 0.2) is 46.6 Å². The molecule has 0 unspecified atom stereocenters. The molecule has 9 heteroatoms. The van der Waals surface area contributed by atoms with Crippen LogP contribution in [0.1, 0.15) is 6.92 Å². The summed E-state index contributed by atoms with van der Waals surface area (Å²) in [6, 6.07) is 8.53. The second-order valence-electron chi connectivity index (χ2n) is 4.22. The van der Waals surface area contributed by atoms with Gasteiger partial charge in [0, 0.05) is 5.56 Å². The summed E-state index contributed by atoms with van der Waals surface area (Å²) in [4.78, 5) is 15.0. The number of ether oxygens (including phenoxy) is 1. The number of aromatic nitrogens is 2. The molecule has 0 radical (unpaired) electrons. The van der Waals surface area contributed by atoms with Gasteiger partial charge >= 0.3 is 12.1 Å². The molecule has 0 aliphatic carbocycles. The van der Waals surface area contributed by atoms with Crippen molar-refractivity contribution in [1.29, 1.82) is 0 Å². The number of halogens is 3. The number of hydrogen-bond donors (Lipinski definition) is 1. The molecule has 1 heterocycles. The molecule has 2 aromatic rings. The van der Waals surface area contributed by atoms with Gasteiger partial charge in [-0.3, -0.25) is 0 Å². The number of carbonyl (C=O) groups is 1. The van der Waals surface area contributed by atoms with E-state index in [2.05, 4.69) is 14.9 Å². The van der Waals surface area contributed by atoms with E-state index in [0.717, 1.165) is 0 Å². The Hall–Kier alpha value is -2.84. The van der Waals surface area contributed by atoms with Crippen LogP contribution < -0.4 is 5.32 Å². The van der Waals surface area contributed by atoms with Crippen LogP contribution in [0.4, 0.5) is 19.1 Å². The Kier molecular flexibility index (Phi) is 4.99. The zero-order valence-electron chi connectivity index (χ0n) is 11.9. The smallest absolute Gasteiger partial charge is 0.431 e. The lowest BCUT2D eigenvalue weighted by atomic mass is 10.2. The van der Waals surface area contributed by atoms with Gasteiger partial charge in [-0.25, -0.2) is 4.79 Å². The molecule has 1 aromatic heterocycles. The van der Waals surface area contributed by atoms with E-state index < -0.39 is 23.8 Å². The number of nitrogens with zero attached hydrogens (tertiary/aromatic N) is 2. The summed E-state index contributed by atoms with van der Waals surface area (Å²) in [6.07, 6.45) is -4.51. The van der Waals surface area contributed by atoms with Crippen LogP contribution in [0.5, 0.6) is 0 Å². The predicted molar refractivity (Wildman–Crippen MR) is 74.1 cm³/mol. The first kappa shape index (κ1) is 16.5. The third kappa shape index (κ3) is 4.56. The van der Waals surface area contributed by atoms with E-state index in [1.54, 1.807) is 30.3 Å². The number of carbonyl (C=O) groups excluding carboxylic acids is 1. The Labute approximate surface area is 128 Å². The summed E-state index contributed by atoms with van der Waals surface area (Å²) in [7, 11) is 0. The van der Waals surface area contributed by atoms with Gasteiger partial charge in [0.15, 0.2) is 0 Å². The fourth-order valence-electron chi connectivity index (χ4n) is 1.58. The van der Waals surface area contributed by atoms with Crippen molar-refractivity contribution < 1.29 is 27.2 Å². The lowest BCUT2D eigenvalue weighted by Crippen LogP contribution is -2.21. The maximum Gasteiger partial charge on any atom is 0.431 e. The molecule has 1 aromatic carbocycles. The monoisotopic (exact) mass is 327 g/mol. The standard InChI is InChI=1S/C14H12F3N3O3/c1-2-22-11(21)8-10(14(15,16)17)18-13-19-12(23-20-13)9-6-4-3-5-7-9/h3-8H,2H2,1H3,(H,18,20)/b10-8-. The highest BCUT2D eigenvalue weighted by molar-refractivity contribution is 5.83. The molecular weight excluding hydrogens is 315 g/mol. The summed E-state index contributed by atoms with van der Waals surface area (Å²) in [5, 5.41) is 5.33. The van der Waals surface area contributed by atoms with E-state index in [1.807, 2.05) is 5.32 Å². The Bertz CT molecular complexity index is 696. The molecule has 23 heavy (non-hydrogen) atoms. The summed E-state index contributed by atoms with van der Waals surface area (Å²) < 4.78 is 48.1. The molecule has 0 bridgehead atoms. The highest BCUT2D eigenvalue weighted by Crippen LogP contribution is 2.27. The Morgan fingerprint density at radius 1 is 1.35 bits per heavy atom. The Morgan fingerprint density at radius 3 is 2.65 bits per heavy atom. The van der Waals surface area contributed by atoms with Crippen molar-refractivity contribution >= 4 is 11.9 Å². The highest BCUT2D eigenvalue weighted by Gasteiger charge is 2.36. The van der Waals surface area contributed by atoms with Crippen molar-refractivity contribution in [3.63, 3.8) is 0 Å². The maximum absolute atomic E-state index is 12.9. The molecule has 0 aliphatic heterocycles. The summed E-state index contributed by atoms with van der Waals surface area (Å²) in [5.74, 6) is -1.50. The van der Waals surface area contributed by atoms with E-state index in [4.69, 9.17) is 4.52 Å². The topological polar surface area (TPSA) is 77.2 Å². The highest BCUT2D eigenvalue weighted by atomic mass is 19.4. The van der Waals surface area contributed by atoms with Gasteiger partial charge in [0.05, 0.1) is 12.7 Å². The number of rotatable bonds is 5. The minimum absolute atomic E-state index is 0.0408. The number of anilines is 1. The van der Waals surface area contributed by atoms with Crippen LogP contribution in [0.3, 0.4) is 0 Å². The zero-order valence-corrected chi connectivity index (χ0v) is 11.9. The number of esters is 1. The van der Waals surface area contributed by atoms with Crippen LogP contribution in [0.2, 0.25) is 0 Å². The lowest BCUT2D eigenvalue weighted by molar-refractivity contribution is -0.138. The van der Waals surface area contributed by atoms with Gasteiger partial charge in [0.1, 0.15) is 5.70 Å². The molecule has 6 nitrogen and oxygen atoms in total. The fourth-order valence-corrected chi connectivity index (χ4v) is 1.58. The summed E-state index contributed by atoms with van der Waals surface area (Å²) >= 11 is 0. The van der Waals surface area contributed by atoms with Crippen molar-refractivity contribution in [2.75, 3.05) is 11.9 Å². The van der Waals surface area contributed by atoms with E-state index in [9.17, 15) is 18.0 Å². The first-order chi connectivity index (χ1) is 10.9. The molecule has 122 valence electrons. The van der Waals surface area contributed by atoms with E-state index in [1.165, 1.54) is 6.92 Å². The number of benzene rings is 1. The van der Waals surface area contributed by atoms with Gasteiger partial charge in [-0.15, -0.1) is 0 Å². The molecule has 0 atom stereocenters. The maximum atomic E-state index is 12.9. The van der Waals surface area contributed by atoms with Crippen LogP contribution in [0.25, 0.3) is 11.5 Å². The first-order valence-electron chi connectivity index (χ1n) is 6.52. The van der Waals surface area contributed by atoms with Crippen LogP contribution >= 0.6 is 0 Å². The number of alkyl halides is 3. The Balaban J connectivity index is 2.21. The molecule has 0 aliphatic rings. The number of nitrogens with one attached hydrogen (secondary N) is 1. The second kappa shape index (κ2) is 6.95. The first-order valence-corrected chi connectivity index (χ1v) is 6.52. The van der Waals surface area contributed by atoms with Gasteiger partial charge < -0.3 is 14.6 Å². The molecule has 0 saturated carbocycles. The van der Waals surface area contributed by atoms with Crippen LogP contribution in [0, 0.1) is 0 Å². The molecule has 0 amide bonds. The minimum atomic E-state index is -4.81. The molecule has 1 N–H and O–H groups in total. The van der Waals surface area contributed by atoms with Crippen molar-refractivity contribution in [3.05, 3.63) is 42.1 Å². The van der Waals surface area contributed by atoms with Gasteiger partial charge in [-0.05, 0) is 24.2 Å². The molecular formula is C14H12F3N3O3. The lowest BCUT2D eigenvalue weighted by Gasteiger charge is -2.11. The fraction of sp³-hybridized carbons (Fsp3) is 0.214. The van der Waals surface area contributed by atoms with E-state index >= 15 is 0 Å². The summed E-state index contributed by atoms with van der Waals surface area (Å²) in [5.41, 5.74) is -0.799. The average molecular weight is 327 g/mol.